The molecule has 2 aromatic rings. The quantitative estimate of drug-likeness (QED) is 0.790. The standard InChI is InChI=1S/C13H11ClO3.CH2O/c14-10-2-4-12(16)9(6-10)5-8-1-3-11(15)7-13(8)17;1-2/h1-4,6-7,15-17H,5H2;1H2. The molecule has 0 aromatic heterocycles. The highest BCUT2D eigenvalue weighted by Crippen LogP contribution is 2.29. The van der Waals surface area contributed by atoms with Crippen molar-refractivity contribution in [2.45, 2.75) is 6.42 Å². The third kappa shape index (κ3) is 3.89. The summed E-state index contributed by atoms with van der Waals surface area (Å²) in [5.41, 5.74) is 1.24. The fourth-order valence-corrected chi connectivity index (χ4v) is 1.80. The van der Waals surface area contributed by atoms with Crippen LogP contribution in [0.25, 0.3) is 0 Å². The Morgan fingerprint density at radius 1 is 0.895 bits per heavy atom. The second-order valence-electron chi connectivity index (χ2n) is 3.76. The van der Waals surface area contributed by atoms with Crippen molar-refractivity contribution in [2.75, 3.05) is 0 Å². The molecule has 0 heterocycles. The third-order valence-corrected chi connectivity index (χ3v) is 2.73. The lowest BCUT2D eigenvalue weighted by atomic mass is 10.0. The van der Waals surface area contributed by atoms with Gasteiger partial charge in [-0.1, -0.05) is 17.7 Å². The summed E-state index contributed by atoms with van der Waals surface area (Å²) in [7, 11) is 0. The zero-order chi connectivity index (χ0) is 14.4. The molecule has 19 heavy (non-hydrogen) atoms. The predicted molar refractivity (Wildman–Crippen MR) is 72.8 cm³/mol. The molecule has 0 atom stereocenters. The van der Waals surface area contributed by atoms with Crippen molar-refractivity contribution in [2.24, 2.45) is 0 Å². The number of hydrogen-bond donors (Lipinski definition) is 3. The number of benzene rings is 2. The van der Waals surface area contributed by atoms with Gasteiger partial charge in [-0.25, -0.2) is 0 Å². The second-order valence-corrected chi connectivity index (χ2v) is 4.20. The molecule has 0 aliphatic heterocycles. The molecule has 0 unspecified atom stereocenters. The van der Waals surface area contributed by atoms with Crippen LogP contribution < -0.4 is 0 Å². The highest BCUT2D eigenvalue weighted by molar-refractivity contribution is 6.30. The Labute approximate surface area is 115 Å². The van der Waals surface area contributed by atoms with Gasteiger partial charge in [-0.3, -0.25) is 0 Å². The van der Waals surface area contributed by atoms with Crippen molar-refractivity contribution < 1.29 is 20.1 Å². The number of halogens is 1. The summed E-state index contributed by atoms with van der Waals surface area (Å²) in [6.45, 7) is 2.00. The summed E-state index contributed by atoms with van der Waals surface area (Å²) in [6.07, 6.45) is 0.346. The summed E-state index contributed by atoms with van der Waals surface area (Å²) in [4.78, 5) is 8.00. The number of aromatic hydroxyl groups is 3. The maximum atomic E-state index is 9.65. The lowest BCUT2D eigenvalue weighted by molar-refractivity contribution is -0.0979. The summed E-state index contributed by atoms with van der Waals surface area (Å²) in [6, 6.07) is 9.09. The number of phenols is 3. The van der Waals surface area contributed by atoms with Crippen molar-refractivity contribution >= 4 is 18.4 Å². The minimum absolute atomic E-state index is 0.00145. The number of phenolic OH excluding ortho intramolecular Hbond substituents is 3. The zero-order valence-corrected chi connectivity index (χ0v) is 10.8. The van der Waals surface area contributed by atoms with Crippen LogP contribution in [-0.2, 0) is 11.2 Å². The van der Waals surface area contributed by atoms with Crippen LogP contribution >= 0.6 is 11.6 Å². The number of carbonyl (C=O) groups is 1. The second kappa shape index (κ2) is 6.66. The van der Waals surface area contributed by atoms with Gasteiger partial charge in [0, 0.05) is 17.5 Å². The van der Waals surface area contributed by atoms with Gasteiger partial charge in [0.1, 0.15) is 24.0 Å². The Bertz CT molecular complexity index is 569. The molecular formula is C14H13ClO4. The van der Waals surface area contributed by atoms with Crippen LogP contribution in [0.5, 0.6) is 17.2 Å². The van der Waals surface area contributed by atoms with Gasteiger partial charge in [0.25, 0.3) is 0 Å². The SMILES string of the molecule is C=O.Oc1ccc(Cc2cc(Cl)ccc2O)c(O)c1. The van der Waals surface area contributed by atoms with Crippen LogP contribution in [0.1, 0.15) is 11.1 Å². The minimum Gasteiger partial charge on any atom is -0.508 e. The lowest BCUT2D eigenvalue weighted by Gasteiger charge is -2.07. The first-order valence-electron chi connectivity index (χ1n) is 5.33. The van der Waals surface area contributed by atoms with Crippen LogP contribution in [-0.4, -0.2) is 22.1 Å². The van der Waals surface area contributed by atoms with E-state index < -0.39 is 0 Å². The van der Waals surface area contributed by atoms with E-state index in [2.05, 4.69) is 0 Å². The molecule has 0 amide bonds. The average Bonchev–Trinajstić information content (AvgIpc) is 2.39. The van der Waals surface area contributed by atoms with Gasteiger partial charge in [0.2, 0.25) is 0 Å². The summed E-state index contributed by atoms with van der Waals surface area (Å²) in [5, 5.41) is 29.0. The summed E-state index contributed by atoms with van der Waals surface area (Å²) in [5.74, 6) is 0.118. The van der Waals surface area contributed by atoms with E-state index in [1.807, 2.05) is 6.79 Å². The van der Waals surface area contributed by atoms with Gasteiger partial charge in [-0.05, 0) is 35.4 Å². The minimum atomic E-state index is -0.00984. The van der Waals surface area contributed by atoms with Crippen molar-refractivity contribution in [3.63, 3.8) is 0 Å². The van der Waals surface area contributed by atoms with E-state index in [0.717, 1.165) is 0 Å². The van der Waals surface area contributed by atoms with Gasteiger partial charge < -0.3 is 20.1 Å². The molecule has 0 radical (unpaired) electrons. The van der Waals surface area contributed by atoms with Gasteiger partial charge in [0.05, 0.1) is 0 Å². The molecule has 5 heteroatoms. The molecule has 0 saturated heterocycles. The van der Waals surface area contributed by atoms with Crippen molar-refractivity contribution in [1.29, 1.82) is 0 Å². The van der Waals surface area contributed by atoms with E-state index >= 15 is 0 Å². The van der Waals surface area contributed by atoms with E-state index in [0.29, 0.717) is 22.6 Å². The molecule has 0 saturated carbocycles. The van der Waals surface area contributed by atoms with E-state index in [1.165, 1.54) is 18.2 Å². The fraction of sp³-hybridized carbons (Fsp3) is 0.0714. The van der Waals surface area contributed by atoms with E-state index in [4.69, 9.17) is 16.4 Å². The third-order valence-electron chi connectivity index (χ3n) is 2.49. The highest BCUT2D eigenvalue weighted by Gasteiger charge is 2.07. The van der Waals surface area contributed by atoms with Gasteiger partial charge in [-0.15, -0.1) is 0 Å². The summed E-state index contributed by atoms with van der Waals surface area (Å²) >= 11 is 5.83. The molecule has 100 valence electrons. The Kier molecular flexibility index (Phi) is 5.21. The average molecular weight is 281 g/mol. The first-order chi connectivity index (χ1) is 9.06. The Morgan fingerprint density at radius 2 is 1.58 bits per heavy atom. The Balaban J connectivity index is 0.000000861. The zero-order valence-electron chi connectivity index (χ0n) is 10.0. The molecule has 0 aliphatic rings. The lowest BCUT2D eigenvalue weighted by Crippen LogP contribution is -1.89. The number of rotatable bonds is 2. The Hall–Kier alpha value is -2.20. The summed E-state index contributed by atoms with van der Waals surface area (Å²) < 4.78 is 0. The van der Waals surface area contributed by atoms with Gasteiger partial charge >= 0.3 is 0 Å². The highest BCUT2D eigenvalue weighted by atomic mass is 35.5. The predicted octanol–water partition coefficient (Wildman–Crippen LogP) is 2.86. The smallest absolute Gasteiger partial charge is 0.122 e. The van der Waals surface area contributed by atoms with Crippen LogP contribution in [0.2, 0.25) is 5.02 Å². The molecule has 0 aliphatic carbocycles. The first-order valence-corrected chi connectivity index (χ1v) is 5.71. The van der Waals surface area contributed by atoms with Crippen molar-refractivity contribution in [3.8, 4) is 17.2 Å². The molecule has 0 bridgehead atoms. The normalized spacial score (nSPS) is 9.53. The monoisotopic (exact) mass is 280 g/mol. The van der Waals surface area contributed by atoms with Crippen LogP contribution in [0.3, 0.4) is 0 Å². The largest absolute Gasteiger partial charge is 0.508 e. The number of carbonyl (C=O) groups excluding carboxylic acids is 1. The maximum absolute atomic E-state index is 9.65. The van der Waals surface area contributed by atoms with E-state index in [-0.39, 0.29) is 17.2 Å². The molecule has 0 spiro atoms. The van der Waals surface area contributed by atoms with Crippen molar-refractivity contribution in [3.05, 3.63) is 52.5 Å². The molecule has 4 nitrogen and oxygen atoms in total. The molecule has 2 aromatic carbocycles. The first kappa shape index (κ1) is 14.9. The fourth-order valence-electron chi connectivity index (χ4n) is 1.60. The van der Waals surface area contributed by atoms with Crippen LogP contribution in [0, 0.1) is 0 Å². The number of hydrogen-bond acceptors (Lipinski definition) is 4. The molecule has 2 rings (SSSR count). The van der Waals surface area contributed by atoms with Crippen LogP contribution in [0.4, 0.5) is 0 Å². The van der Waals surface area contributed by atoms with Crippen molar-refractivity contribution in [1.82, 2.24) is 0 Å². The van der Waals surface area contributed by atoms with E-state index in [9.17, 15) is 15.3 Å². The molecule has 3 N–H and O–H groups in total. The van der Waals surface area contributed by atoms with Crippen LogP contribution in [0.15, 0.2) is 36.4 Å². The van der Waals surface area contributed by atoms with Gasteiger partial charge in [-0.2, -0.15) is 0 Å². The topological polar surface area (TPSA) is 77.8 Å². The Morgan fingerprint density at radius 3 is 2.21 bits per heavy atom. The van der Waals surface area contributed by atoms with Gasteiger partial charge in [0.15, 0.2) is 0 Å². The van der Waals surface area contributed by atoms with E-state index in [1.54, 1.807) is 18.2 Å². The molecule has 0 fully saturated rings. The molecular weight excluding hydrogens is 268 g/mol. The maximum Gasteiger partial charge on any atom is 0.122 e.